The van der Waals surface area contributed by atoms with Crippen molar-refractivity contribution >= 4 is 11.4 Å². The first-order chi connectivity index (χ1) is 9.82. The fourth-order valence-corrected chi connectivity index (χ4v) is 2.02. The zero-order valence-electron chi connectivity index (χ0n) is 11.6. The average Bonchev–Trinajstić information content (AvgIpc) is 2.42. The van der Waals surface area contributed by atoms with E-state index in [9.17, 15) is 18.0 Å². The number of nitrogens with zero attached hydrogens (tertiary/aromatic N) is 1. The number of ketones is 1. The first kappa shape index (κ1) is 15.3. The number of pyridine rings is 1. The lowest BCUT2D eigenvalue weighted by Gasteiger charge is -2.19. The van der Waals surface area contributed by atoms with Crippen molar-refractivity contribution in [2.75, 3.05) is 6.61 Å². The molecule has 0 saturated carbocycles. The van der Waals surface area contributed by atoms with E-state index in [1.165, 1.54) is 12.1 Å². The van der Waals surface area contributed by atoms with Crippen LogP contribution in [0.3, 0.4) is 0 Å². The van der Waals surface area contributed by atoms with Gasteiger partial charge < -0.3 is 4.74 Å². The lowest BCUT2D eigenvalue weighted by molar-refractivity contribution is -0.137. The van der Waals surface area contributed by atoms with Crippen LogP contribution in [0, 0.1) is 5.92 Å². The molecule has 0 spiro atoms. The molecular formula is C15H14F3NO2. The largest absolute Gasteiger partial charge is 0.494 e. The molecule has 0 saturated heterocycles. The molecule has 1 unspecified atom stereocenters. The van der Waals surface area contributed by atoms with Gasteiger partial charge >= 0.3 is 6.18 Å². The number of halogens is 3. The normalized spacial score (nSPS) is 19.1. The van der Waals surface area contributed by atoms with Crippen LogP contribution in [0.4, 0.5) is 13.2 Å². The zero-order chi connectivity index (χ0) is 15.6. The quantitative estimate of drug-likeness (QED) is 0.855. The van der Waals surface area contributed by atoms with Crippen LogP contribution in [-0.4, -0.2) is 17.4 Å². The maximum absolute atomic E-state index is 12.5. The van der Waals surface area contributed by atoms with E-state index in [-0.39, 0.29) is 5.78 Å². The fraction of sp³-hybridized carbons (Fsp3) is 0.333. The monoisotopic (exact) mass is 297 g/mol. The molecule has 0 aromatic carbocycles. The fourth-order valence-electron chi connectivity index (χ4n) is 2.02. The molecule has 0 N–H and O–H groups in total. The highest BCUT2D eigenvalue weighted by Gasteiger charge is 2.31. The van der Waals surface area contributed by atoms with Gasteiger partial charge in [0.1, 0.15) is 5.76 Å². The minimum atomic E-state index is -4.43. The molecule has 0 fully saturated rings. The van der Waals surface area contributed by atoms with Crippen molar-refractivity contribution in [1.82, 2.24) is 4.98 Å². The van der Waals surface area contributed by atoms with Gasteiger partial charge in [0.15, 0.2) is 5.78 Å². The number of rotatable bonds is 3. The molecule has 0 amide bonds. The van der Waals surface area contributed by atoms with E-state index in [1.54, 1.807) is 19.9 Å². The molecule has 0 radical (unpaired) electrons. The third-order valence-corrected chi connectivity index (χ3v) is 3.17. The van der Waals surface area contributed by atoms with Gasteiger partial charge in [-0.25, -0.2) is 0 Å². The summed E-state index contributed by atoms with van der Waals surface area (Å²) in [4.78, 5) is 15.7. The van der Waals surface area contributed by atoms with Crippen molar-refractivity contribution in [3.8, 4) is 0 Å². The molecule has 1 aliphatic rings. The summed E-state index contributed by atoms with van der Waals surface area (Å²) in [5, 5.41) is 0. The summed E-state index contributed by atoms with van der Waals surface area (Å²) in [7, 11) is 0. The Morgan fingerprint density at radius 1 is 1.29 bits per heavy atom. The Labute approximate surface area is 120 Å². The summed E-state index contributed by atoms with van der Waals surface area (Å²) >= 11 is 0. The van der Waals surface area contributed by atoms with Crippen LogP contribution >= 0.6 is 0 Å². The van der Waals surface area contributed by atoms with Crippen LogP contribution in [-0.2, 0) is 15.7 Å². The third-order valence-electron chi connectivity index (χ3n) is 3.17. The van der Waals surface area contributed by atoms with Crippen LogP contribution in [0.1, 0.15) is 25.1 Å². The average molecular weight is 297 g/mol. The number of aromatic nitrogens is 1. The number of carbonyl (C=O) groups excluding carboxylic acids is 1. The maximum Gasteiger partial charge on any atom is 0.417 e. The van der Waals surface area contributed by atoms with Crippen molar-refractivity contribution in [1.29, 1.82) is 0 Å². The van der Waals surface area contributed by atoms with Crippen LogP contribution in [0.25, 0.3) is 5.57 Å². The van der Waals surface area contributed by atoms with E-state index in [1.807, 2.05) is 0 Å². The molecule has 1 aromatic rings. The number of carbonyl (C=O) groups is 1. The zero-order valence-corrected chi connectivity index (χ0v) is 11.6. The summed E-state index contributed by atoms with van der Waals surface area (Å²) in [5.41, 5.74) is 0.0797. The van der Waals surface area contributed by atoms with Crippen molar-refractivity contribution < 1.29 is 22.7 Å². The summed E-state index contributed by atoms with van der Waals surface area (Å²) in [5.74, 6) is -0.214. The summed E-state index contributed by atoms with van der Waals surface area (Å²) in [6.07, 6.45) is -0.622. The molecule has 2 rings (SSSR count). The molecule has 0 bridgehead atoms. The number of alkyl halides is 3. The SMILES string of the molecule is CCOC1=CC(=O)C(C)C(c2ccc(C(F)(F)F)cn2)=C1. The summed E-state index contributed by atoms with van der Waals surface area (Å²) in [6, 6.07) is 2.23. The van der Waals surface area contributed by atoms with Crippen molar-refractivity contribution in [3.05, 3.63) is 47.5 Å². The van der Waals surface area contributed by atoms with Gasteiger partial charge in [0, 0.05) is 18.2 Å². The molecular weight excluding hydrogens is 283 g/mol. The Hall–Kier alpha value is -2.11. The summed E-state index contributed by atoms with van der Waals surface area (Å²) in [6.45, 7) is 3.87. The highest BCUT2D eigenvalue weighted by Crippen LogP contribution is 2.32. The predicted molar refractivity (Wildman–Crippen MR) is 71.1 cm³/mol. The lowest BCUT2D eigenvalue weighted by Crippen LogP contribution is -2.17. The van der Waals surface area contributed by atoms with E-state index in [2.05, 4.69) is 4.98 Å². The Morgan fingerprint density at radius 3 is 2.52 bits per heavy atom. The maximum atomic E-state index is 12.5. The van der Waals surface area contributed by atoms with Gasteiger partial charge in [-0.05, 0) is 30.7 Å². The summed E-state index contributed by atoms with van der Waals surface area (Å²) < 4.78 is 42.9. The van der Waals surface area contributed by atoms with Gasteiger partial charge in [0.2, 0.25) is 0 Å². The molecule has 0 aliphatic heterocycles. The minimum absolute atomic E-state index is 0.155. The molecule has 1 atom stereocenters. The van der Waals surface area contributed by atoms with Gasteiger partial charge in [-0.15, -0.1) is 0 Å². The Kier molecular flexibility index (Phi) is 4.16. The van der Waals surface area contributed by atoms with E-state index >= 15 is 0 Å². The van der Waals surface area contributed by atoms with Gasteiger partial charge in [0.05, 0.1) is 17.9 Å². The van der Waals surface area contributed by atoms with Gasteiger partial charge in [-0.1, -0.05) is 6.92 Å². The van der Waals surface area contributed by atoms with Crippen LogP contribution < -0.4 is 0 Å². The van der Waals surface area contributed by atoms with E-state index in [4.69, 9.17) is 4.74 Å². The third kappa shape index (κ3) is 3.32. The van der Waals surface area contributed by atoms with E-state index in [0.29, 0.717) is 23.6 Å². The standard InChI is InChI=1S/C15H14F3NO2/c1-3-21-11-6-12(9(2)14(20)7-11)13-5-4-10(8-19-13)15(16,17)18/h4-9H,3H2,1-2H3. The number of hydrogen-bond acceptors (Lipinski definition) is 3. The predicted octanol–water partition coefficient (Wildman–Crippen LogP) is 3.62. The van der Waals surface area contributed by atoms with Crippen LogP contribution in [0.2, 0.25) is 0 Å². The highest BCUT2D eigenvalue weighted by atomic mass is 19.4. The molecule has 3 nitrogen and oxygen atoms in total. The second-order valence-corrected chi connectivity index (χ2v) is 4.63. The topological polar surface area (TPSA) is 39.2 Å². The second kappa shape index (κ2) is 5.71. The first-order valence-corrected chi connectivity index (χ1v) is 6.46. The van der Waals surface area contributed by atoms with Crippen molar-refractivity contribution in [2.45, 2.75) is 20.0 Å². The molecule has 1 aliphatic carbocycles. The van der Waals surface area contributed by atoms with Crippen LogP contribution in [0.5, 0.6) is 0 Å². The Balaban J connectivity index is 2.35. The first-order valence-electron chi connectivity index (χ1n) is 6.46. The smallest absolute Gasteiger partial charge is 0.417 e. The van der Waals surface area contributed by atoms with Gasteiger partial charge in [-0.3, -0.25) is 9.78 Å². The number of allylic oxidation sites excluding steroid dienone is 3. The number of hydrogen-bond donors (Lipinski definition) is 0. The second-order valence-electron chi connectivity index (χ2n) is 4.63. The molecule has 1 aromatic heterocycles. The van der Waals surface area contributed by atoms with Crippen molar-refractivity contribution in [2.24, 2.45) is 5.92 Å². The molecule has 1 heterocycles. The lowest BCUT2D eigenvalue weighted by atomic mass is 9.89. The molecule has 112 valence electrons. The Bertz CT molecular complexity index is 600. The van der Waals surface area contributed by atoms with Crippen molar-refractivity contribution in [3.63, 3.8) is 0 Å². The Morgan fingerprint density at radius 2 is 2.00 bits per heavy atom. The van der Waals surface area contributed by atoms with Gasteiger partial charge in [-0.2, -0.15) is 13.2 Å². The molecule has 6 heteroatoms. The highest BCUT2D eigenvalue weighted by molar-refractivity contribution is 6.02. The minimum Gasteiger partial charge on any atom is -0.494 e. The molecule has 21 heavy (non-hydrogen) atoms. The van der Waals surface area contributed by atoms with E-state index < -0.39 is 17.7 Å². The van der Waals surface area contributed by atoms with E-state index in [0.717, 1.165) is 12.3 Å². The van der Waals surface area contributed by atoms with Crippen LogP contribution in [0.15, 0.2) is 36.2 Å². The number of ether oxygens (including phenoxy) is 1. The van der Waals surface area contributed by atoms with Gasteiger partial charge in [0.25, 0.3) is 0 Å².